The summed E-state index contributed by atoms with van der Waals surface area (Å²) in [5, 5.41) is 29.6. The second-order valence-corrected chi connectivity index (χ2v) is 23.9. The Morgan fingerprint density at radius 2 is 0.690 bits per heavy atom. The molecule has 0 bridgehead atoms. The van der Waals surface area contributed by atoms with Gasteiger partial charge in [-0.1, -0.05) is 271 Å². The van der Waals surface area contributed by atoms with Crippen molar-refractivity contribution >= 4 is 42.0 Å². The van der Waals surface area contributed by atoms with E-state index in [1.807, 2.05) is 173 Å². The Labute approximate surface area is 693 Å². The molecule has 3 amide bonds. The number of rotatable bonds is 19. The standard InChI is InChI=1S/C31H19NO4.C30H17NO4.C19H19NO4.2C5H12.C3H6O.C3H8.2C2H6/c1-3-4-5-6-7-8-9-10-11-12-17-24(22-30(33)34)32(2)31(35)36-23-29-27-20-15-13-18-25(27)26-19-14-16-21-28(26)29;1-2-3-4-5-6-7-8-9-10-11-16-23(21-29(32)33)31-30(34)35-22-28-26-19-14-12-17-24(26)25-18-13-15-20-27(25)28;1-20(11-10-18(21)22)19(23)24-12-17-15-8-4-2-6-13(15)14-7-3-5-9-16(14)17;2*1-3-5-4-2;1-3(2)4;1-3-2;2*1-2/h13-16,18-21,29H,1,22-23H2,2H3,(H,33,34);12-15,17-20,28H,1,21-22H2,(H,31,34)(H,32,33);2-9,17H,10-12H2,1H3,(H,21,22);2*3-5H2,1-2H3;1-2H3;3H2,1-2H3;2*1-2H3/i2D3;;1D3,20+1;;;;;;. The van der Waals surface area contributed by atoms with E-state index < -0.39 is 81.6 Å². The van der Waals surface area contributed by atoms with Crippen molar-refractivity contribution in [3.8, 4) is 33.4 Å². The molecule has 4 N–H and O–H groups in total. The number of carboxylic acid groups (broad SMARTS) is 3. The molecule has 0 spiro atoms. The maximum atomic E-state index is 13.0. The van der Waals surface area contributed by atoms with Crippen LogP contribution in [-0.4, -0.2) is 107 Å². The summed E-state index contributed by atoms with van der Waals surface area (Å²) in [5.41, 5.74) is 65.0. The van der Waals surface area contributed by atoms with Crippen molar-refractivity contribution in [3.05, 3.63) is 330 Å². The van der Waals surface area contributed by atoms with E-state index in [0.717, 1.165) is 66.8 Å². The summed E-state index contributed by atoms with van der Waals surface area (Å²) in [7, 11) is 0. The lowest BCUT2D eigenvalue weighted by Gasteiger charge is -2.20. The average molecular weight is 1560 g/mol. The number of benzene rings is 6. The molecule has 0 saturated carbocycles. The van der Waals surface area contributed by atoms with Gasteiger partial charge in [0.15, 0.2) is 0 Å². The quantitative estimate of drug-likeness (QED) is 0.0337. The van der Waals surface area contributed by atoms with Crippen LogP contribution in [0.25, 0.3) is 33.4 Å². The van der Waals surface area contributed by atoms with Gasteiger partial charge in [-0.3, -0.25) is 24.6 Å². The largest absolute Gasteiger partial charge is 0.481 e. The van der Waals surface area contributed by atoms with Gasteiger partial charge in [0.05, 0.1) is 30.7 Å². The van der Waals surface area contributed by atoms with Gasteiger partial charge < -0.3 is 39.2 Å². The highest BCUT2D eigenvalue weighted by Gasteiger charge is 2.32. The summed E-state index contributed by atoms with van der Waals surface area (Å²) in [4.78, 5) is 81.3. The highest BCUT2D eigenvalue weighted by Crippen LogP contribution is 2.47. The van der Waals surface area contributed by atoms with Crippen LogP contribution < -0.4 is 5.32 Å². The second-order valence-electron chi connectivity index (χ2n) is 23.9. The molecule has 0 aromatic heterocycles. The van der Waals surface area contributed by atoms with Crippen molar-refractivity contribution in [1.82, 2.24) is 15.1 Å². The van der Waals surface area contributed by atoms with Crippen molar-refractivity contribution in [2.45, 2.75) is 165 Å². The fourth-order valence-electron chi connectivity index (χ4n) is 10.5. The van der Waals surface area contributed by atoms with E-state index in [0.29, 0.717) is 4.90 Å². The zero-order valence-electron chi connectivity index (χ0n) is 74.2. The van der Waals surface area contributed by atoms with Gasteiger partial charge >= 0.3 is 36.2 Å². The molecule has 9 rings (SSSR count). The Hall–Kier alpha value is -14.2. The number of nitrogens with zero attached hydrogens (tertiary/aromatic N) is 2. The van der Waals surface area contributed by atoms with Gasteiger partial charge in [-0.15, -0.1) is 0 Å². The number of aliphatic carboxylic acids is 3. The van der Waals surface area contributed by atoms with E-state index in [2.05, 4.69) is 186 Å². The van der Waals surface area contributed by atoms with Crippen LogP contribution in [0.4, 0.5) is 14.4 Å². The van der Waals surface area contributed by atoms with E-state index in [9.17, 15) is 38.7 Å². The van der Waals surface area contributed by atoms with Crippen molar-refractivity contribution in [3.63, 3.8) is 0 Å². The molecule has 0 unspecified atom stereocenters. The number of hydrogen-bond acceptors (Lipinski definition) is 10. The fourth-order valence-corrected chi connectivity index (χ4v) is 10.5. The molecule has 0 radical (unpaired) electrons. The Kier molecular flexibility index (Phi) is 47.2. The summed E-state index contributed by atoms with van der Waals surface area (Å²) >= 11 is 0. The summed E-state index contributed by atoms with van der Waals surface area (Å²) < 4.78 is 62.0. The van der Waals surface area contributed by atoms with Gasteiger partial charge in [0, 0.05) is 46.5 Å². The molecule has 3 aliphatic carbocycles. The number of Topliss-reactive ketones (excluding diaryl/α,β-unsaturated/α-hetero) is 1. The first-order valence-electron chi connectivity index (χ1n) is 40.9. The van der Waals surface area contributed by atoms with Crippen LogP contribution >= 0.6 is 0 Å². The third-order valence-corrected chi connectivity index (χ3v) is 15.1. The molecule has 0 atom stereocenters. The summed E-state index contributed by atoms with van der Waals surface area (Å²) in [6.45, 7) is 24.4. The number of amides is 3. The third-order valence-electron chi connectivity index (χ3n) is 15.1. The van der Waals surface area contributed by atoms with Crippen LogP contribution in [0.15, 0.2) is 296 Å². The van der Waals surface area contributed by atoms with Crippen molar-refractivity contribution in [2.75, 3.05) is 40.3 Å². The number of ether oxygens (including phenoxy) is 3. The Morgan fingerprint density at radius 1 is 0.405 bits per heavy atom. The number of unbranched alkanes of at least 4 members (excludes halogenated alkanes) is 4. The first-order valence-corrected chi connectivity index (χ1v) is 37.9. The normalized spacial score (nSPS) is 10.7. The maximum absolute atomic E-state index is 13.0. The smallest absolute Gasteiger partial charge is 0.414 e. The molecule has 116 heavy (non-hydrogen) atoms. The minimum absolute atomic E-state index is 0.0213. The number of fused-ring (bicyclic) bond motifs is 9. The van der Waals surface area contributed by atoms with Crippen LogP contribution in [0, 0.1) is 0 Å². The van der Waals surface area contributed by atoms with Crippen LogP contribution in [0.1, 0.15) is 207 Å². The molecular formula is C100H105N3O13. The van der Waals surface area contributed by atoms with Crippen LogP contribution in [0.5, 0.6) is 0 Å². The number of nitrogens with one attached hydrogen (secondary N) is 1. The number of carbonyl (C=O) groups excluding carboxylic acids is 4. The molecule has 0 aliphatic heterocycles. The number of alkyl carbamates (subject to hydrolysis) is 1. The van der Waals surface area contributed by atoms with Crippen LogP contribution in [0.3, 0.4) is 0 Å². The minimum Gasteiger partial charge on any atom is -0.481 e. The fraction of sp³-hybridized carbons (Fsp3) is 0.310. The predicted molar refractivity (Wildman–Crippen MR) is 456 cm³/mol. The first-order chi connectivity index (χ1) is 58.6. The lowest BCUT2D eigenvalue weighted by atomic mass is 9.98. The molecule has 0 fully saturated rings. The van der Waals surface area contributed by atoms with Gasteiger partial charge in [0.2, 0.25) is 0 Å². The topological polar surface area (TPSA) is 226 Å². The average Bonchev–Trinajstić information content (AvgIpc) is 1.63. The molecule has 6 aromatic carbocycles. The van der Waals surface area contributed by atoms with E-state index in [4.69, 9.17) is 32.6 Å². The monoisotopic (exact) mass is 1560 g/mol. The third kappa shape index (κ3) is 38.2. The Balaban J connectivity index is 0.000000825. The number of carboxylic acids is 3. The summed E-state index contributed by atoms with van der Waals surface area (Å²) in [6, 6.07) is 46.8. The molecule has 3 aliphatic rings. The van der Waals surface area contributed by atoms with Crippen LogP contribution in [0.2, 0.25) is 0 Å². The highest BCUT2D eigenvalue weighted by atomic mass is 16.6. The Bertz CT molecular complexity index is 5340. The first kappa shape index (κ1) is 89.1. The zero-order valence-corrected chi connectivity index (χ0v) is 68.2. The van der Waals surface area contributed by atoms with E-state index in [-0.39, 0.29) is 54.0 Å². The van der Waals surface area contributed by atoms with Gasteiger partial charge in [-0.05, 0) is 208 Å². The molecule has 16 nitrogen and oxygen atoms in total. The summed E-state index contributed by atoms with van der Waals surface area (Å²) in [5.74, 6) is -4.19. The van der Waals surface area contributed by atoms with Gasteiger partial charge in [0.1, 0.15) is 25.6 Å². The molecular weight excluding hydrogens is 1450 g/mol. The molecule has 6 aromatic rings. The van der Waals surface area contributed by atoms with Crippen molar-refractivity contribution < 1.29 is 71.3 Å². The van der Waals surface area contributed by atoms with Gasteiger partial charge in [-0.2, -0.15) is 0 Å². The molecule has 0 saturated heterocycles. The number of hydrogen-bond donors (Lipinski definition) is 4. The van der Waals surface area contributed by atoms with Crippen molar-refractivity contribution in [1.29, 1.82) is 0 Å². The maximum Gasteiger partial charge on any atom is 0.414 e. The van der Waals surface area contributed by atoms with E-state index in [1.165, 1.54) is 58.8 Å². The highest BCUT2D eigenvalue weighted by molar-refractivity contribution is 5.82. The molecule has 16 heteroatoms. The van der Waals surface area contributed by atoms with E-state index >= 15 is 0 Å². The van der Waals surface area contributed by atoms with Gasteiger partial charge in [0.25, 0.3) is 0 Å². The van der Waals surface area contributed by atoms with Crippen molar-refractivity contribution in [2.24, 2.45) is 0 Å². The summed E-state index contributed by atoms with van der Waals surface area (Å²) in [6.07, 6.45) is 4.52. The zero-order chi connectivity index (χ0) is 91.3. The SMILES string of the molecule is C=C=C=C=C=C=C=C=C=C=C=C=C(CC(=O)O)NC(=O)OCC1c2ccccc2-c2ccccc21.CC.CC.CC(C)=O.CCC.CCCCC.CCCCC.[2H]C([2H])([2H])N(C(=O)OCC1c2ccccc2-c2ccccc21)C(=C=C=C=C=C=C=C=C=C=C=C=C)CC(=O)O.[2H]C([2H])([2H])[15N](CCC(=O)O)C(=O)OCC1c2ccccc2-c2ccccc21. The molecule has 598 valence electrons. The van der Waals surface area contributed by atoms with E-state index in [1.54, 1.807) is 0 Å². The number of carbonyl (C=O) groups is 7. The lowest BCUT2D eigenvalue weighted by molar-refractivity contribution is -0.138. The number of ketones is 1. The molecule has 0 heterocycles. The van der Waals surface area contributed by atoms with Gasteiger partial charge in [-0.25, -0.2) is 14.4 Å². The Morgan fingerprint density at radius 3 is 0.966 bits per heavy atom. The second kappa shape index (κ2) is 61.5. The van der Waals surface area contributed by atoms with Crippen LogP contribution in [-0.2, 0) is 33.4 Å². The predicted octanol–water partition coefficient (Wildman–Crippen LogP) is 22.6. The lowest BCUT2D eigenvalue weighted by Crippen LogP contribution is -2.30. The minimum atomic E-state index is -3.06.